The van der Waals surface area contributed by atoms with Crippen LogP contribution in [-0.4, -0.2) is 23.6 Å². The minimum atomic E-state index is -0.559. The average molecular weight is 405 g/mol. The van der Waals surface area contributed by atoms with Crippen LogP contribution in [0, 0.1) is 5.92 Å². The predicted octanol–water partition coefficient (Wildman–Crippen LogP) is 6.72. The molecule has 0 amide bonds. The largest absolute Gasteiger partial charge is 0.460 e. The molecule has 0 saturated heterocycles. The normalized spacial score (nSPS) is 13.6. The molecule has 0 radical (unpaired) electrons. The van der Waals surface area contributed by atoms with Gasteiger partial charge in [0.1, 0.15) is 11.7 Å². The minimum Gasteiger partial charge on any atom is -0.460 e. The molecule has 29 heavy (non-hydrogen) atoms. The molecule has 0 aliphatic heterocycles. The van der Waals surface area contributed by atoms with Gasteiger partial charge >= 0.3 is 11.9 Å². The van der Waals surface area contributed by atoms with Crippen LogP contribution in [0.15, 0.2) is 30.3 Å². The van der Waals surface area contributed by atoms with Crippen molar-refractivity contribution in [3.05, 3.63) is 35.9 Å². The number of esters is 2. The van der Waals surface area contributed by atoms with Crippen molar-refractivity contribution >= 4 is 11.9 Å². The zero-order chi connectivity index (χ0) is 21.7. The third-order valence-corrected chi connectivity index (χ3v) is 4.89. The Bertz CT molecular complexity index is 589. The first-order valence-electron chi connectivity index (χ1n) is 11.3. The van der Waals surface area contributed by atoms with E-state index < -0.39 is 17.6 Å². The van der Waals surface area contributed by atoms with Gasteiger partial charge in [-0.3, -0.25) is 4.79 Å². The molecule has 0 saturated carbocycles. The van der Waals surface area contributed by atoms with E-state index in [1.807, 2.05) is 39.0 Å². The zero-order valence-electron chi connectivity index (χ0n) is 19.0. The summed E-state index contributed by atoms with van der Waals surface area (Å²) in [6.07, 6.45) is 8.27. The maximum Gasteiger partial charge on any atom is 0.338 e. The van der Waals surface area contributed by atoms with Gasteiger partial charge in [0.25, 0.3) is 0 Å². The van der Waals surface area contributed by atoms with Crippen LogP contribution >= 0.6 is 0 Å². The molecule has 0 unspecified atom stereocenters. The van der Waals surface area contributed by atoms with Gasteiger partial charge in [-0.1, -0.05) is 70.6 Å². The number of carbonyl (C=O) groups excluding carboxylic acids is 2. The molecule has 0 spiro atoms. The van der Waals surface area contributed by atoms with Gasteiger partial charge in [0.05, 0.1) is 11.5 Å². The van der Waals surface area contributed by atoms with Crippen LogP contribution in [-0.2, 0) is 14.3 Å². The predicted molar refractivity (Wildman–Crippen MR) is 118 cm³/mol. The SMILES string of the molecule is CCCCCC[C@H](OC(=O)c1ccccc1)[C@@H](CCCCC)C(=O)OC(C)(C)C. The maximum absolute atomic E-state index is 13.0. The molecule has 0 N–H and O–H groups in total. The molecule has 0 aromatic heterocycles. The molecule has 4 heteroatoms. The summed E-state index contributed by atoms with van der Waals surface area (Å²) in [6.45, 7) is 9.93. The lowest BCUT2D eigenvalue weighted by Crippen LogP contribution is -2.37. The third kappa shape index (κ3) is 10.5. The summed E-state index contributed by atoms with van der Waals surface area (Å²) in [5.74, 6) is -1.04. The maximum atomic E-state index is 13.0. The number of carbonyl (C=O) groups is 2. The second-order valence-electron chi connectivity index (χ2n) is 8.79. The fourth-order valence-electron chi connectivity index (χ4n) is 3.34. The summed E-state index contributed by atoms with van der Waals surface area (Å²) in [5.41, 5.74) is -0.0430. The molecule has 1 aromatic rings. The second-order valence-corrected chi connectivity index (χ2v) is 8.79. The van der Waals surface area contributed by atoms with Gasteiger partial charge in [-0.25, -0.2) is 4.79 Å². The Kier molecular flexibility index (Phi) is 11.6. The molecule has 0 fully saturated rings. The van der Waals surface area contributed by atoms with Crippen molar-refractivity contribution in [2.24, 2.45) is 5.92 Å². The highest BCUT2D eigenvalue weighted by molar-refractivity contribution is 5.89. The van der Waals surface area contributed by atoms with Crippen molar-refractivity contribution in [1.29, 1.82) is 0 Å². The van der Waals surface area contributed by atoms with Crippen LogP contribution in [0.4, 0.5) is 0 Å². The lowest BCUT2D eigenvalue weighted by atomic mass is 9.91. The molecular formula is C25H40O4. The van der Waals surface area contributed by atoms with Crippen molar-refractivity contribution in [3.63, 3.8) is 0 Å². The zero-order valence-corrected chi connectivity index (χ0v) is 19.0. The molecule has 164 valence electrons. The van der Waals surface area contributed by atoms with Gasteiger partial charge < -0.3 is 9.47 Å². The van der Waals surface area contributed by atoms with E-state index in [1.165, 1.54) is 0 Å². The van der Waals surface area contributed by atoms with Crippen molar-refractivity contribution < 1.29 is 19.1 Å². The first-order chi connectivity index (χ1) is 13.8. The Morgan fingerprint density at radius 2 is 1.45 bits per heavy atom. The molecule has 1 aromatic carbocycles. The van der Waals surface area contributed by atoms with Crippen LogP contribution < -0.4 is 0 Å². The molecule has 0 heterocycles. The number of hydrogen-bond donors (Lipinski definition) is 0. The summed E-state index contributed by atoms with van der Waals surface area (Å²) >= 11 is 0. The van der Waals surface area contributed by atoms with E-state index in [-0.39, 0.29) is 11.9 Å². The Labute approximate surface area is 177 Å². The smallest absolute Gasteiger partial charge is 0.338 e. The molecule has 0 bridgehead atoms. The van der Waals surface area contributed by atoms with E-state index in [0.29, 0.717) is 18.4 Å². The van der Waals surface area contributed by atoms with Crippen LogP contribution in [0.25, 0.3) is 0 Å². The van der Waals surface area contributed by atoms with E-state index in [9.17, 15) is 9.59 Å². The lowest BCUT2D eigenvalue weighted by molar-refractivity contribution is -0.164. The lowest BCUT2D eigenvalue weighted by Gasteiger charge is -2.29. The Morgan fingerprint density at radius 1 is 0.862 bits per heavy atom. The standard InChI is InChI=1S/C25H40O4/c1-6-8-10-15-19-22(28-23(26)20-16-13-11-14-17-20)21(18-12-9-7-2)24(27)29-25(3,4)5/h11,13-14,16-17,21-22H,6-10,12,15,18-19H2,1-5H3/t21-,22+/m1/s1. The van der Waals surface area contributed by atoms with Crippen LogP contribution in [0.5, 0.6) is 0 Å². The highest BCUT2D eigenvalue weighted by atomic mass is 16.6. The van der Waals surface area contributed by atoms with E-state index in [1.54, 1.807) is 12.1 Å². The number of unbranched alkanes of at least 4 members (excludes halogenated alkanes) is 5. The van der Waals surface area contributed by atoms with E-state index >= 15 is 0 Å². The van der Waals surface area contributed by atoms with Gasteiger partial charge in [-0.2, -0.15) is 0 Å². The van der Waals surface area contributed by atoms with Gasteiger partial charge in [0.2, 0.25) is 0 Å². The summed E-state index contributed by atoms with van der Waals surface area (Å²) in [6, 6.07) is 9.00. The van der Waals surface area contributed by atoms with Gasteiger partial charge in [-0.15, -0.1) is 0 Å². The molecule has 1 rings (SSSR count). The fraction of sp³-hybridized carbons (Fsp3) is 0.680. The summed E-state index contributed by atoms with van der Waals surface area (Å²) in [5, 5.41) is 0. The van der Waals surface area contributed by atoms with Crippen molar-refractivity contribution in [1.82, 2.24) is 0 Å². The highest BCUT2D eigenvalue weighted by Crippen LogP contribution is 2.26. The Hall–Kier alpha value is -1.84. The van der Waals surface area contributed by atoms with Crippen LogP contribution in [0.1, 0.15) is 103 Å². The van der Waals surface area contributed by atoms with Gasteiger partial charge in [0, 0.05) is 0 Å². The monoisotopic (exact) mass is 404 g/mol. The van der Waals surface area contributed by atoms with Gasteiger partial charge in [0.15, 0.2) is 0 Å². The minimum absolute atomic E-state index is 0.255. The average Bonchev–Trinajstić information content (AvgIpc) is 2.67. The van der Waals surface area contributed by atoms with Crippen molar-refractivity contribution in [3.8, 4) is 0 Å². The quantitative estimate of drug-likeness (QED) is 0.270. The molecule has 0 aliphatic carbocycles. The van der Waals surface area contributed by atoms with Crippen LogP contribution in [0.2, 0.25) is 0 Å². The summed E-state index contributed by atoms with van der Waals surface area (Å²) < 4.78 is 11.6. The Balaban J connectivity index is 2.98. The molecule has 4 nitrogen and oxygen atoms in total. The number of benzene rings is 1. The number of rotatable bonds is 13. The molecular weight excluding hydrogens is 364 g/mol. The van der Waals surface area contributed by atoms with Gasteiger partial charge in [-0.05, 0) is 52.2 Å². The highest BCUT2D eigenvalue weighted by Gasteiger charge is 2.34. The number of hydrogen-bond acceptors (Lipinski definition) is 4. The third-order valence-electron chi connectivity index (χ3n) is 4.89. The van der Waals surface area contributed by atoms with Crippen LogP contribution in [0.3, 0.4) is 0 Å². The topological polar surface area (TPSA) is 52.6 Å². The van der Waals surface area contributed by atoms with E-state index in [4.69, 9.17) is 9.47 Å². The molecule has 0 aliphatic rings. The fourth-order valence-corrected chi connectivity index (χ4v) is 3.34. The summed E-state index contributed by atoms with van der Waals surface area (Å²) in [7, 11) is 0. The molecule has 2 atom stereocenters. The first-order valence-corrected chi connectivity index (χ1v) is 11.3. The second kappa shape index (κ2) is 13.4. The first kappa shape index (κ1) is 25.2. The summed E-state index contributed by atoms with van der Waals surface area (Å²) in [4.78, 5) is 25.7. The van der Waals surface area contributed by atoms with E-state index in [2.05, 4.69) is 13.8 Å². The van der Waals surface area contributed by atoms with E-state index in [0.717, 1.165) is 44.9 Å². The Morgan fingerprint density at radius 3 is 2.03 bits per heavy atom. The van der Waals surface area contributed by atoms with Crippen molar-refractivity contribution in [2.45, 2.75) is 104 Å². The number of ether oxygens (including phenoxy) is 2. The van der Waals surface area contributed by atoms with Crippen molar-refractivity contribution in [2.75, 3.05) is 0 Å².